The third kappa shape index (κ3) is 3.00. The van der Waals surface area contributed by atoms with Gasteiger partial charge in [0.15, 0.2) is 0 Å². The van der Waals surface area contributed by atoms with Crippen molar-refractivity contribution < 1.29 is 9.52 Å². The average molecular weight is 284 g/mol. The molecule has 0 aliphatic rings. The van der Waals surface area contributed by atoms with Crippen LogP contribution in [0.2, 0.25) is 0 Å². The zero-order valence-corrected chi connectivity index (χ0v) is 11.7. The molecule has 1 N–H and O–H groups in total. The van der Waals surface area contributed by atoms with Crippen molar-refractivity contribution in [1.29, 1.82) is 0 Å². The molecule has 0 amide bonds. The Morgan fingerprint density at radius 2 is 2.10 bits per heavy atom. The Kier molecular flexibility index (Phi) is 3.79. The average Bonchev–Trinajstić information content (AvgIpc) is 3.17. The zero-order chi connectivity index (χ0) is 14.7. The summed E-state index contributed by atoms with van der Waals surface area (Å²) in [6.45, 7) is 2.35. The first-order valence-corrected chi connectivity index (χ1v) is 6.84. The molecule has 2 aromatic heterocycles. The topological polar surface area (TPSA) is 77.0 Å². The van der Waals surface area contributed by atoms with Gasteiger partial charge < -0.3 is 9.52 Å². The van der Waals surface area contributed by atoms with Crippen molar-refractivity contribution in [3.05, 3.63) is 54.2 Å². The Morgan fingerprint density at radius 3 is 2.86 bits per heavy atom. The normalized spacial score (nSPS) is 12.5. The monoisotopic (exact) mass is 284 g/mol. The van der Waals surface area contributed by atoms with Gasteiger partial charge in [-0.25, -0.2) is 9.67 Å². The highest BCUT2D eigenvalue weighted by molar-refractivity contribution is 5.52. The van der Waals surface area contributed by atoms with Crippen molar-refractivity contribution in [2.45, 2.75) is 26.0 Å². The van der Waals surface area contributed by atoms with E-state index in [0.29, 0.717) is 24.6 Å². The lowest BCUT2D eigenvalue weighted by atomic mass is 10.2. The van der Waals surface area contributed by atoms with E-state index >= 15 is 0 Å². The molecule has 0 radical (unpaired) electrons. The molecule has 0 saturated carbocycles. The minimum absolute atomic E-state index is 0.458. The number of nitrogens with zero attached hydrogens (tertiary/aromatic N) is 4. The van der Waals surface area contributed by atoms with Crippen LogP contribution in [0.1, 0.15) is 30.8 Å². The molecule has 0 fully saturated rings. The fourth-order valence-corrected chi connectivity index (χ4v) is 2.01. The molecule has 1 atom stereocenters. The van der Waals surface area contributed by atoms with Crippen molar-refractivity contribution in [2.24, 2.45) is 0 Å². The maximum absolute atomic E-state index is 9.71. The largest absolute Gasteiger partial charge is 0.444 e. The molecule has 3 rings (SSSR count). The van der Waals surface area contributed by atoms with E-state index in [4.69, 9.17) is 4.42 Å². The Bertz CT molecular complexity index is 705. The van der Waals surface area contributed by atoms with Crippen LogP contribution in [0.4, 0.5) is 0 Å². The van der Waals surface area contributed by atoms with Gasteiger partial charge in [0.1, 0.15) is 17.7 Å². The van der Waals surface area contributed by atoms with Crippen molar-refractivity contribution >= 4 is 0 Å². The molecule has 0 aliphatic carbocycles. The van der Waals surface area contributed by atoms with E-state index in [1.54, 1.807) is 17.1 Å². The molecule has 0 spiro atoms. The van der Waals surface area contributed by atoms with Gasteiger partial charge in [0.05, 0.1) is 18.8 Å². The number of aliphatic hydroxyl groups excluding tert-OH is 1. The molecule has 0 saturated heterocycles. The van der Waals surface area contributed by atoms with E-state index in [0.717, 1.165) is 11.3 Å². The van der Waals surface area contributed by atoms with Crippen LogP contribution in [0.15, 0.2) is 47.2 Å². The lowest BCUT2D eigenvalue weighted by molar-refractivity contribution is 0.168. The van der Waals surface area contributed by atoms with Gasteiger partial charge in [-0.1, -0.05) is 30.3 Å². The summed E-state index contributed by atoms with van der Waals surface area (Å²) in [5, 5.41) is 17.7. The molecule has 1 aromatic carbocycles. The second-order valence-corrected chi connectivity index (χ2v) is 4.78. The van der Waals surface area contributed by atoms with E-state index in [1.165, 1.54) is 0 Å². The maximum atomic E-state index is 9.71. The van der Waals surface area contributed by atoms with Crippen LogP contribution in [0, 0.1) is 0 Å². The van der Waals surface area contributed by atoms with Gasteiger partial charge in [-0.05, 0) is 18.6 Å². The summed E-state index contributed by atoms with van der Waals surface area (Å²) in [6.07, 6.45) is 3.38. The van der Waals surface area contributed by atoms with Crippen molar-refractivity contribution in [3.8, 4) is 11.5 Å². The van der Waals surface area contributed by atoms with Gasteiger partial charge >= 0.3 is 0 Å². The highest BCUT2D eigenvalue weighted by atomic mass is 16.3. The first kappa shape index (κ1) is 13.5. The SMILES string of the molecule is CCC(O)c1cn(Cc2coc(-c3ccccc3)n2)nn1. The molecule has 1 unspecified atom stereocenters. The third-order valence-electron chi connectivity index (χ3n) is 3.18. The molecule has 6 heteroatoms. The van der Waals surface area contributed by atoms with Crippen molar-refractivity contribution in [2.75, 3.05) is 0 Å². The fourth-order valence-electron chi connectivity index (χ4n) is 2.01. The van der Waals surface area contributed by atoms with Crippen molar-refractivity contribution in [3.63, 3.8) is 0 Å². The predicted molar refractivity (Wildman–Crippen MR) is 76.3 cm³/mol. The number of benzene rings is 1. The van der Waals surface area contributed by atoms with Gasteiger partial charge in [-0.2, -0.15) is 0 Å². The Hall–Kier alpha value is -2.47. The second kappa shape index (κ2) is 5.88. The molecule has 21 heavy (non-hydrogen) atoms. The van der Waals surface area contributed by atoms with Crippen molar-refractivity contribution in [1.82, 2.24) is 20.0 Å². The van der Waals surface area contributed by atoms with E-state index in [9.17, 15) is 5.11 Å². The number of hydrogen-bond donors (Lipinski definition) is 1. The van der Waals surface area contributed by atoms with Crippen LogP contribution < -0.4 is 0 Å². The lowest BCUT2D eigenvalue weighted by Gasteiger charge is -2.00. The molecular weight excluding hydrogens is 268 g/mol. The van der Waals surface area contributed by atoms with Gasteiger partial charge in [0.2, 0.25) is 5.89 Å². The van der Waals surface area contributed by atoms with E-state index < -0.39 is 6.10 Å². The summed E-state index contributed by atoms with van der Waals surface area (Å²) in [4.78, 5) is 4.43. The van der Waals surface area contributed by atoms with Crippen LogP contribution in [-0.4, -0.2) is 25.1 Å². The maximum Gasteiger partial charge on any atom is 0.226 e. The van der Waals surface area contributed by atoms with E-state index in [1.807, 2.05) is 37.3 Å². The number of rotatable bonds is 5. The van der Waals surface area contributed by atoms with Gasteiger partial charge in [0.25, 0.3) is 0 Å². The summed E-state index contributed by atoms with van der Waals surface area (Å²) >= 11 is 0. The number of aromatic nitrogens is 4. The first-order chi connectivity index (χ1) is 10.3. The lowest BCUT2D eigenvalue weighted by Crippen LogP contribution is -2.00. The summed E-state index contributed by atoms with van der Waals surface area (Å²) in [5.41, 5.74) is 2.27. The van der Waals surface area contributed by atoms with Crippen LogP contribution >= 0.6 is 0 Å². The Morgan fingerprint density at radius 1 is 1.29 bits per heavy atom. The zero-order valence-electron chi connectivity index (χ0n) is 11.7. The molecule has 3 aromatic rings. The quantitative estimate of drug-likeness (QED) is 0.778. The number of aliphatic hydroxyl groups is 1. The molecule has 0 bridgehead atoms. The van der Waals surface area contributed by atoms with Gasteiger partial charge in [-0.15, -0.1) is 5.10 Å². The fraction of sp³-hybridized carbons (Fsp3) is 0.267. The highest BCUT2D eigenvalue weighted by Gasteiger charge is 2.11. The van der Waals surface area contributed by atoms with Gasteiger partial charge in [0, 0.05) is 5.56 Å². The molecule has 108 valence electrons. The first-order valence-electron chi connectivity index (χ1n) is 6.84. The highest BCUT2D eigenvalue weighted by Crippen LogP contribution is 2.18. The molecular formula is C15H16N4O2. The van der Waals surface area contributed by atoms with Crippen LogP contribution in [0.5, 0.6) is 0 Å². The van der Waals surface area contributed by atoms with Crippen LogP contribution in [0.25, 0.3) is 11.5 Å². The van der Waals surface area contributed by atoms with Crippen LogP contribution in [0.3, 0.4) is 0 Å². The molecule has 6 nitrogen and oxygen atoms in total. The third-order valence-corrected chi connectivity index (χ3v) is 3.18. The Balaban J connectivity index is 1.74. The summed E-state index contributed by atoms with van der Waals surface area (Å²) in [5.74, 6) is 0.583. The minimum atomic E-state index is -0.573. The smallest absolute Gasteiger partial charge is 0.226 e. The minimum Gasteiger partial charge on any atom is -0.444 e. The van der Waals surface area contributed by atoms with E-state index in [2.05, 4.69) is 15.3 Å². The molecule has 0 aliphatic heterocycles. The Labute approximate surface area is 122 Å². The summed E-state index contributed by atoms with van der Waals surface area (Å²) < 4.78 is 7.12. The van der Waals surface area contributed by atoms with Gasteiger partial charge in [-0.3, -0.25) is 0 Å². The summed E-state index contributed by atoms with van der Waals surface area (Å²) in [6, 6.07) is 9.72. The predicted octanol–water partition coefficient (Wildman–Crippen LogP) is 2.42. The second-order valence-electron chi connectivity index (χ2n) is 4.78. The standard InChI is InChI=1S/C15H16N4O2/c1-2-14(20)13-9-19(18-17-13)8-12-10-21-15(16-12)11-6-4-3-5-7-11/h3-7,9-10,14,20H,2,8H2,1H3. The summed E-state index contributed by atoms with van der Waals surface area (Å²) in [7, 11) is 0. The van der Waals surface area contributed by atoms with E-state index in [-0.39, 0.29) is 0 Å². The van der Waals surface area contributed by atoms with Crippen LogP contribution in [-0.2, 0) is 6.54 Å². The number of oxazole rings is 1. The molecule has 2 heterocycles. The number of hydrogen-bond acceptors (Lipinski definition) is 5.